The van der Waals surface area contributed by atoms with E-state index in [2.05, 4.69) is 51.4 Å². The van der Waals surface area contributed by atoms with Crippen LogP contribution in [-0.4, -0.2) is 11.5 Å². The summed E-state index contributed by atoms with van der Waals surface area (Å²) in [6.07, 6.45) is 4.64. The molecule has 0 saturated heterocycles. The molecule has 1 aliphatic heterocycles. The third-order valence-electron chi connectivity index (χ3n) is 3.56. The van der Waals surface area contributed by atoms with Crippen LogP contribution in [0.2, 0.25) is 0 Å². The number of rotatable bonds is 3. The minimum Gasteiger partial charge on any atom is -0.485 e. The Bertz CT molecular complexity index is 603. The van der Waals surface area contributed by atoms with Crippen LogP contribution >= 0.6 is 15.9 Å². The van der Waals surface area contributed by atoms with E-state index in [9.17, 15) is 0 Å². The highest BCUT2D eigenvalue weighted by atomic mass is 79.9. The molecule has 2 unspecified atom stereocenters. The molecule has 2 heterocycles. The van der Waals surface area contributed by atoms with Crippen LogP contribution in [0.4, 0.5) is 0 Å². The van der Waals surface area contributed by atoms with Gasteiger partial charge in [0, 0.05) is 40.5 Å². The van der Waals surface area contributed by atoms with Gasteiger partial charge in [0.2, 0.25) is 0 Å². The summed E-state index contributed by atoms with van der Waals surface area (Å²) < 4.78 is 7.13. The molecule has 1 N–H and O–H groups in total. The average molecular weight is 333 g/mol. The summed E-state index contributed by atoms with van der Waals surface area (Å²) in [4.78, 5) is 4.24. The van der Waals surface area contributed by atoms with Crippen LogP contribution in [0, 0.1) is 0 Å². The van der Waals surface area contributed by atoms with Gasteiger partial charge in [-0.3, -0.25) is 4.98 Å². The molecule has 1 aromatic carbocycles. The van der Waals surface area contributed by atoms with E-state index in [0.717, 1.165) is 28.8 Å². The van der Waals surface area contributed by atoms with E-state index < -0.39 is 0 Å². The Morgan fingerprint density at radius 2 is 2.20 bits per heavy atom. The number of hydrogen-bond donors (Lipinski definition) is 1. The summed E-state index contributed by atoms with van der Waals surface area (Å²) >= 11 is 3.47. The van der Waals surface area contributed by atoms with Crippen LogP contribution in [0.15, 0.2) is 47.2 Å². The molecule has 3 rings (SSSR count). The predicted octanol–water partition coefficient (Wildman–Crippen LogP) is 4.02. The van der Waals surface area contributed by atoms with Crippen molar-refractivity contribution in [3.05, 3.63) is 58.3 Å². The Balaban J connectivity index is 1.93. The molecule has 4 heteroatoms. The lowest BCUT2D eigenvalue weighted by atomic mass is 9.93. The lowest BCUT2D eigenvalue weighted by molar-refractivity contribution is 0.151. The van der Waals surface area contributed by atoms with Gasteiger partial charge in [0.25, 0.3) is 0 Å². The number of ether oxygens (including phenoxy) is 1. The summed E-state index contributed by atoms with van der Waals surface area (Å²) in [5.74, 6) is 0.967. The van der Waals surface area contributed by atoms with Gasteiger partial charge in [-0.15, -0.1) is 0 Å². The van der Waals surface area contributed by atoms with Gasteiger partial charge in [0.1, 0.15) is 11.9 Å². The standard InChI is InChI=1S/C16H17BrN2O/c1-2-19-14-8-16(11-7-12(17)10-18-9-11)20-15-6-4-3-5-13(14)15/h3-7,9-10,14,16,19H,2,8H2,1H3. The number of para-hydroxylation sites is 1. The van der Waals surface area contributed by atoms with Crippen LogP contribution in [0.1, 0.15) is 36.6 Å². The van der Waals surface area contributed by atoms with Crippen molar-refractivity contribution in [2.24, 2.45) is 0 Å². The van der Waals surface area contributed by atoms with Gasteiger partial charge in [-0.05, 0) is 34.6 Å². The van der Waals surface area contributed by atoms with E-state index in [4.69, 9.17) is 4.74 Å². The Kier molecular flexibility index (Phi) is 4.03. The van der Waals surface area contributed by atoms with Crippen LogP contribution in [0.3, 0.4) is 0 Å². The normalized spacial score (nSPS) is 21.1. The second-order valence-corrected chi connectivity index (χ2v) is 5.84. The van der Waals surface area contributed by atoms with Crippen molar-refractivity contribution >= 4 is 15.9 Å². The van der Waals surface area contributed by atoms with Crippen molar-refractivity contribution in [2.75, 3.05) is 6.54 Å². The van der Waals surface area contributed by atoms with Crippen molar-refractivity contribution in [3.8, 4) is 5.75 Å². The summed E-state index contributed by atoms with van der Waals surface area (Å²) in [6, 6.07) is 10.7. The first-order chi connectivity index (χ1) is 9.78. The number of nitrogens with one attached hydrogen (secondary N) is 1. The molecule has 20 heavy (non-hydrogen) atoms. The molecule has 2 atom stereocenters. The van der Waals surface area contributed by atoms with Gasteiger partial charge in [0.15, 0.2) is 0 Å². The summed E-state index contributed by atoms with van der Waals surface area (Å²) in [5, 5.41) is 3.54. The molecule has 0 saturated carbocycles. The molecule has 0 spiro atoms. The number of pyridine rings is 1. The second-order valence-electron chi connectivity index (χ2n) is 4.93. The molecule has 0 aliphatic carbocycles. The molecule has 0 bridgehead atoms. The van der Waals surface area contributed by atoms with E-state index in [0.29, 0.717) is 6.04 Å². The lowest BCUT2D eigenvalue weighted by Crippen LogP contribution is -2.29. The highest BCUT2D eigenvalue weighted by Gasteiger charge is 2.28. The summed E-state index contributed by atoms with van der Waals surface area (Å²) in [6.45, 7) is 3.08. The van der Waals surface area contributed by atoms with Gasteiger partial charge in [0.05, 0.1) is 0 Å². The third-order valence-corrected chi connectivity index (χ3v) is 4.00. The highest BCUT2D eigenvalue weighted by Crippen LogP contribution is 2.40. The second kappa shape index (κ2) is 5.94. The minimum atomic E-state index is 0.0407. The molecule has 0 radical (unpaired) electrons. The maximum atomic E-state index is 6.15. The summed E-state index contributed by atoms with van der Waals surface area (Å²) in [7, 11) is 0. The fraction of sp³-hybridized carbons (Fsp3) is 0.312. The maximum absolute atomic E-state index is 6.15. The Hall–Kier alpha value is -1.39. The Labute approximate surface area is 127 Å². The molecular formula is C16H17BrN2O. The predicted molar refractivity (Wildman–Crippen MR) is 82.8 cm³/mol. The van der Waals surface area contributed by atoms with E-state index in [1.165, 1.54) is 5.56 Å². The fourth-order valence-corrected chi connectivity index (χ4v) is 3.05. The lowest BCUT2D eigenvalue weighted by Gasteiger charge is -2.32. The number of hydrogen-bond acceptors (Lipinski definition) is 3. The molecule has 3 nitrogen and oxygen atoms in total. The minimum absolute atomic E-state index is 0.0407. The Morgan fingerprint density at radius 1 is 1.35 bits per heavy atom. The topological polar surface area (TPSA) is 34.2 Å². The zero-order chi connectivity index (χ0) is 13.9. The van der Waals surface area contributed by atoms with Crippen molar-refractivity contribution in [2.45, 2.75) is 25.5 Å². The fourth-order valence-electron chi connectivity index (χ4n) is 2.67. The van der Waals surface area contributed by atoms with Gasteiger partial charge in [-0.25, -0.2) is 0 Å². The van der Waals surface area contributed by atoms with Gasteiger partial charge in [-0.1, -0.05) is 25.1 Å². The van der Waals surface area contributed by atoms with Crippen LogP contribution in [0.5, 0.6) is 5.75 Å². The summed E-state index contributed by atoms with van der Waals surface area (Å²) in [5.41, 5.74) is 2.35. The van der Waals surface area contributed by atoms with E-state index in [1.807, 2.05) is 18.3 Å². The van der Waals surface area contributed by atoms with E-state index in [-0.39, 0.29) is 6.10 Å². The molecular weight excluding hydrogens is 316 g/mol. The number of fused-ring (bicyclic) bond motifs is 1. The molecule has 1 aromatic heterocycles. The number of benzene rings is 1. The molecule has 1 aliphatic rings. The van der Waals surface area contributed by atoms with Crippen LogP contribution in [0.25, 0.3) is 0 Å². The monoisotopic (exact) mass is 332 g/mol. The van der Waals surface area contributed by atoms with Crippen molar-refractivity contribution in [1.82, 2.24) is 10.3 Å². The van der Waals surface area contributed by atoms with E-state index >= 15 is 0 Å². The molecule has 2 aromatic rings. The van der Waals surface area contributed by atoms with Crippen molar-refractivity contribution in [1.29, 1.82) is 0 Å². The van der Waals surface area contributed by atoms with Gasteiger partial charge in [-0.2, -0.15) is 0 Å². The Morgan fingerprint density at radius 3 is 3.00 bits per heavy atom. The van der Waals surface area contributed by atoms with Gasteiger partial charge < -0.3 is 10.1 Å². The molecule has 0 amide bonds. The molecule has 0 fully saturated rings. The first-order valence-electron chi connectivity index (χ1n) is 6.87. The molecule has 104 valence electrons. The van der Waals surface area contributed by atoms with Crippen LogP contribution < -0.4 is 10.1 Å². The zero-order valence-corrected chi connectivity index (χ0v) is 12.9. The highest BCUT2D eigenvalue weighted by molar-refractivity contribution is 9.10. The number of aromatic nitrogens is 1. The number of nitrogens with zero attached hydrogens (tertiary/aromatic N) is 1. The van der Waals surface area contributed by atoms with E-state index in [1.54, 1.807) is 6.20 Å². The van der Waals surface area contributed by atoms with Crippen LogP contribution in [-0.2, 0) is 0 Å². The smallest absolute Gasteiger partial charge is 0.127 e. The van der Waals surface area contributed by atoms with Crippen molar-refractivity contribution in [3.63, 3.8) is 0 Å². The first kappa shape index (κ1) is 13.6. The average Bonchev–Trinajstić information content (AvgIpc) is 2.47. The quantitative estimate of drug-likeness (QED) is 0.921. The maximum Gasteiger partial charge on any atom is 0.127 e. The van der Waals surface area contributed by atoms with Crippen molar-refractivity contribution < 1.29 is 4.74 Å². The first-order valence-corrected chi connectivity index (χ1v) is 7.66. The largest absolute Gasteiger partial charge is 0.485 e. The number of halogens is 1. The third kappa shape index (κ3) is 2.72. The van der Waals surface area contributed by atoms with Gasteiger partial charge >= 0.3 is 0 Å². The SMILES string of the molecule is CCNC1CC(c2cncc(Br)c2)Oc2ccccc21. The zero-order valence-electron chi connectivity index (χ0n) is 11.3.